The quantitative estimate of drug-likeness (QED) is 0.599. The second-order valence-corrected chi connectivity index (χ2v) is 4.27. The number of aliphatic hydroxyl groups excluding tert-OH is 1. The van der Waals surface area contributed by atoms with E-state index in [9.17, 15) is 9.59 Å². The van der Waals surface area contributed by atoms with Crippen molar-refractivity contribution in [2.24, 2.45) is 0 Å². The number of ketones is 2. The van der Waals surface area contributed by atoms with Crippen molar-refractivity contribution < 1.29 is 14.7 Å². The Bertz CT molecular complexity index is 384. The summed E-state index contributed by atoms with van der Waals surface area (Å²) in [6.07, 6.45) is 1.45. The van der Waals surface area contributed by atoms with E-state index < -0.39 is 0 Å². The van der Waals surface area contributed by atoms with Gasteiger partial charge in [-0.25, -0.2) is 0 Å². The van der Waals surface area contributed by atoms with E-state index in [0.717, 1.165) is 5.56 Å². The maximum Gasteiger partial charge on any atom is 0.202 e. The van der Waals surface area contributed by atoms with Gasteiger partial charge in [-0.3, -0.25) is 9.59 Å². The normalized spacial score (nSPS) is 10.2. The molecule has 0 saturated heterocycles. The molecule has 1 N–H and O–H groups in total. The van der Waals surface area contributed by atoms with Crippen LogP contribution in [0.4, 0.5) is 0 Å². The Hall–Kier alpha value is -1.19. The SMILES string of the molecule is O=C(CCCCO)C(=O)Cc1ccc(Cl)cc1. The minimum Gasteiger partial charge on any atom is -0.396 e. The van der Waals surface area contributed by atoms with Gasteiger partial charge in [0.25, 0.3) is 0 Å². The molecule has 1 rings (SSSR count). The van der Waals surface area contributed by atoms with Crippen molar-refractivity contribution in [3.05, 3.63) is 34.9 Å². The number of aliphatic hydroxyl groups is 1. The predicted molar refractivity (Wildman–Crippen MR) is 66.1 cm³/mol. The minimum absolute atomic E-state index is 0.0542. The highest BCUT2D eigenvalue weighted by atomic mass is 35.5. The van der Waals surface area contributed by atoms with Gasteiger partial charge in [0.05, 0.1) is 0 Å². The molecule has 0 atom stereocenters. The summed E-state index contributed by atoms with van der Waals surface area (Å²) in [6, 6.07) is 6.86. The van der Waals surface area contributed by atoms with Crippen molar-refractivity contribution in [3.8, 4) is 0 Å². The highest BCUT2D eigenvalue weighted by molar-refractivity contribution is 6.37. The standard InChI is InChI=1S/C13H15ClO3/c14-11-6-4-10(5-7-11)9-13(17)12(16)3-1-2-8-15/h4-7,15H,1-3,8-9H2. The number of unbranched alkanes of at least 4 members (excludes halogenated alkanes) is 1. The van der Waals surface area contributed by atoms with Crippen LogP contribution in [0.5, 0.6) is 0 Å². The maximum atomic E-state index is 11.5. The number of carbonyl (C=O) groups is 2. The molecule has 92 valence electrons. The van der Waals surface area contributed by atoms with Crippen molar-refractivity contribution in [3.63, 3.8) is 0 Å². The van der Waals surface area contributed by atoms with Gasteiger partial charge >= 0.3 is 0 Å². The van der Waals surface area contributed by atoms with E-state index in [-0.39, 0.29) is 31.0 Å². The van der Waals surface area contributed by atoms with Crippen LogP contribution in [-0.2, 0) is 16.0 Å². The fraction of sp³-hybridized carbons (Fsp3) is 0.385. The number of hydrogen-bond acceptors (Lipinski definition) is 3. The average molecular weight is 255 g/mol. The average Bonchev–Trinajstić information content (AvgIpc) is 2.32. The molecule has 0 aromatic heterocycles. The van der Waals surface area contributed by atoms with Gasteiger partial charge in [0.15, 0.2) is 5.78 Å². The molecule has 1 aromatic carbocycles. The van der Waals surface area contributed by atoms with E-state index in [1.807, 2.05) is 0 Å². The first-order valence-corrected chi connectivity index (χ1v) is 5.92. The third-order valence-corrected chi connectivity index (χ3v) is 2.65. The smallest absolute Gasteiger partial charge is 0.202 e. The van der Waals surface area contributed by atoms with Crippen LogP contribution < -0.4 is 0 Å². The van der Waals surface area contributed by atoms with Crippen LogP contribution in [0.1, 0.15) is 24.8 Å². The molecule has 3 nitrogen and oxygen atoms in total. The lowest BCUT2D eigenvalue weighted by Crippen LogP contribution is -2.16. The fourth-order valence-electron chi connectivity index (χ4n) is 1.42. The number of Topliss-reactive ketones (excluding diaryl/α,β-unsaturated/α-hetero) is 2. The van der Waals surface area contributed by atoms with Crippen molar-refractivity contribution in [1.29, 1.82) is 0 Å². The predicted octanol–water partition coefficient (Wildman–Crippen LogP) is 2.18. The molecule has 0 unspecified atom stereocenters. The number of carbonyl (C=O) groups excluding carboxylic acids is 2. The Morgan fingerprint density at radius 2 is 1.71 bits per heavy atom. The number of rotatable bonds is 7. The Morgan fingerprint density at radius 3 is 2.29 bits per heavy atom. The Balaban J connectivity index is 2.43. The van der Waals surface area contributed by atoms with Crippen molar-refractivity contribution in [2.75, 3.05) is 6.61 Å². The lowest BCUT2D eigenvalue weighted by atomic mass is 10.0. The summed E-state index contributed by atoms with van der Waals surface area (Å²) in [6.45, 7) is 0.0542. The van der Waals surface area contributed by atoms with E-state index in [2.05, 4.69) is 0 Å². The van der Waals surface area contributed by atoms with Crippen LogP contribution in [-0.4, -0.2) is 23.3 Å². The number of benzene rings is 1. The molecule has 0 saturated carbocycles. The molecule has 1 aromatic rings. The highest BCUT2D eigenvalue weighted by Gasteiger charge is 2.13. The van der Waals surface area contributed by atoms with Crippen molar-refractivity contribution >= 4 is 23.2 Å². The molecule has 4 heteroatoms. The topological polar surface area (TPSA) is 54.4 Å². The highest BCUT2D eigenvalue weighted by Crippen LogP contribution is 2.10. The lowest BCUT2D eigenvalue weighted by Gasteiger charge is -2.01. The monoisotopic (exact) mass is 254 g/mol. The Labute approximate surface area is 105 Å². The van der Waals surface area contributed by atoms with Crippen LogP contribution in [0, 0.1) is 0 Å². The molecule has 0 bridgehead atoms. The molecule has 0 aliphatic heterocycles. The summed E-state index contributed by atoms with van der Waals surface area (Å²) in [5.41, 5.74) is 0.787. The third kappa shape index (κ3) is 5.11. The molecule has 0 heterocycles. The van der Waals surface area contributed by atoms with E-state index in [1.165, 1.54) is 0 Å². The summed E-state index contributed by atoms with van der Waals surface area (Å²) in [5, 5.41) is 9.18. The van der Waals surface area contributed by atoms with E-state index in [0.29, 0.717) is 17.9 Å². The van der Waals surface area contributed by atoms with E-state index in [1.54, 1.807) is 24.3 Å². The molecule has 17 heavy (non-hydrogen) atoms. The van der Waals surface area contributed by atoms with Crippen LogP contribution in [0.3, 0.4) is 0 Å². The molecule has 0 aliphatic carbocycles. The van der Waals surface area contributed by atoms with Gasteiger partial charge in [0.2, 0.25) is 5.78 Å². The van der Waals surface area contributed by atoms with Crippen molar-refractivity contribution in [2.45, 2.75) is 25.7 Å². The van der Waals surface area contributed by atoms with Crippen LogP contribution in [0.25, 0.3) is 0 Å². The molecule has 0 radical (unpaired) electrons. The second-order valence-electron chi connectivity index (χ2n) is 3.83. The zero-order valence-electron chi connectivity index (χ0n) is 9.49. The molecular formula is C13H15ClO3. The second kappa shape index (κ2) is 7.20. The van der Waals surface area contributed by atoms with Crippen molar-refractivity contribution in [1.82, 2.24) is 0 Å². The van der Waals surface area contributed by atoms with Crippen LogP contribution in [0.2, 0.25) is 5.02 Å². The van der Waals surface area contributed by atoms with Gasteiger partial charge in [-0.1, -0.05) is 23.7 Å². The summed E-state index contributed by atoms with van der Waals surface area (Å²) >= 11 is 5.72. The number of halogens is 1. The maximum absolute atomic E-state index is 11.5. The largest absolute Gasteiger partial charge is 0.396 e. The first-order chi connectivity index (χ1) is 8.13. The first kappa shape index (κ1) is 13.9. The molecule has 0 aliphatic rings. The zero-order chi connectivity index (χ0) is 12.7. The minimum atomic E-state index is -0.384. The Kier molecular flexibility index (Phi) is 5.87. The fourth-order valence-corrected chi connectivity index (χ4v) is 1.55. The third-order valence-electron chi connectivity index (χ3n) is 2.40. The zero-order valence-corrected chi connectivity index (χ0v) is 10.2. The van der Waals surface area contributed by atoms with Gasteiger partial charge in [-0.15, -0.1) is 0 Å². The summed E-state index contributed by atoms with van der Waals surface area (Å²) in [4.78, 5) is 23.0. The lowest BCUT2D eigenvalue weighted by molar-refractivity contribution is -0.136. The first-order valence-electron chi connectivity index (χ1n) is 5.55. The van der Waals surface area contributed by atoms with Gasteiger partial charge in [0, 0.05) is 24.5 Å². The molecule has 0 spiro atoms. The van der Waals surface area contributed by atoms with E-state index in [4.69, 9.17) is 16.7 Å². The van der Waals surface area contributed by atoms with Gasteiger partial charge in [-0.05, 0) is 30.5 Å². The van der Waals surface area contributed by atoms with E-state index >= 15 is 0 Å². The van der Waals surface area contributed by atoms with Gasteiger partial charge in [0.1, 0.15) is 0 Å². The molecule has 0 fully saturated rings. The number of hydrogen-bond donors (Lipinski definition) is 1. The Morgan fingerprint density at radius 1 is 1.06 bits per heavy atom. The van der Waals surface area contributed by atoms with Gasteiger partial charge in [-0.2, -0.15) is 0 Å². The van der Waals surface area contributed by atoms with Gasteiger partial charge < -0.3 is 5.11 Å². The summed E-state index contributed by atoms with van der Waals surface area (Å²) < 4.78 is 0. The summed E-state index contributed by atoms with van der Waals surface area (Å²) in [5.74, 6) is -0.751. The molecule has 0 amide bonds. The molecular weight excluding hydrogens is 240 g/mol. The van der Waals surface area contributed by atoms with Crippen LogP contribution >= 0.6 is 11.6 Å². The summed E-state index contributed by atoms with van der Waals surface area (Å²) in [7, 11) is 0. The van der Waals surface area contributed by atoms with Crippen LogP contribution in [0.15, 0.2) is 24.3 Å².